The van der Waals surface area contributed by atoms with E-state index in [4.69, 9.17) is 4.74 Å². The molecule has 2 bridgehead atoms. The van der Waals surface area contributed by atoms with E-state index in [0.717, 1.165) is 31.7 Å². The molecule has 6 heteroatoms. The van der Waals surface area contributed by atoms with E-state index in [-0.39, 0.29) is 23.4 Å². The van der Waals surface area contributed by atoms with Crippen molar-refractivity contribution in [3.8, 4) is 0 Å². The number of hydrogen-bond donors (Lipinski definition) is 1. The number of nitrogens with one attached hydrogen (secondary N) is 1. The van der Waals surface area contributed by atoms with E-state index in [0.29, 0.717) is 29.5 Å². The highest BCUT2D eigenvalue weighted by Gasteiger charge is 2.63. The van der Waals surface area contributed by atoms with Gasteiger partial charge in [-0.15, -0.1) is 0 Å². The first-order valence-electron chi connectivity index (χ1n) is 9.94. The van der Waals surface area contributed by atoms with E-state index < -0.39 is 0 Å². The van der Waals surface area contributed by atoms with E-state index in [2.05, 4.69) is 15.2 Å². The molecular formula is C22H24FN3O2. The molecule has 1 amide bonds. The summed E-state index contributed by atoms with van der Waals surface area (Å²) in [4.78, 5) is 19.4. The molecule has 28 heavy (non-hydrogen) atoms. The quantitative estimate of drug-likeness (QED) is 0.885. The number of aromatic nitrogens is 1. The number of ether oxygens (including phenoxy) is 1. The van der Waals surface area contributed by atoms with Gasteiger partial charge in [-0.2, -0.15) is 0 Å². The van der Waals surface area contributed by atoms with Crippen molar-refractivity contribution in [3.63, 3.8) is 0 Å². The van der Waals surface area contributed by atoms with Gasteiger partial charge in [-0.1, -0.05) is 6.07 Å². The van der Waals surface area contributed by atoms with Gasteiger partial charge in [-0.05, 0) is 55.7 Å². The zero-order chi connectivity index (χ0) is 19.3. The van der Waals surface area contributed by atoms with Crippen LogP contribution in [0.1, 0.15) is 28.8 Å². The summed E-state index contributed by atoms with van der Waals surface area (Å²) >= 11 is 0. The third-order valence-corrected chi connectivity index (χ3v) is 6.68. The molecule has 3 fully saturated rings. The number of hydrogen-bond acceptors (Lipinski definition) is 4. The number of aryl methyl sites for hydroxylation is 1. The van der Waals surface area contributed by atoms with Crippen LogP contribution in [0.5, 0.6) is 0 Å². The molecule has 0 aliphatic carbocycles. The monoisotopic (exact) mass is 381 g/mol. The van der Waals surface area contributed by atoms with E-state index in [1.54, 1.807) is 13.0 Å². The van der Waals surface area contributed by atoms with Gasteiger partial charge in [0.1, 0.15) is 11.6 Å². The molecular weight excluding hydrogens is 357 g/mol. The van der Waals surface area contributed by atoms with Crippen molar-refractivity contribution in [2.75, 3.05) is 24.5 Å². The Labute approximate surface area is 163 Å². The summed E-state index contributed by atoms with van der Waals surface area (Å²) in [5.74, 6) is 1.24. The van der Waals surface area contributed by atoms with Gasteiger partial charge in [0.05, 0.1) is 11.7 Å². The van der Waals surface area contributed by atoms with Gasteiger partial charge < -0.3 is 15.0 Å². The van der Waals surface area contributed by atoms with Gasteiger partial charge in [0, 0.05) is 43.2 Å². The molecule has 2 aromatic rings. The molecule has 0 radical (unpaired) electrons. The Morgan fingerprint density at radius 1 is 1.39 bits per heavy atom. The largest absolute Gasteiger partial charge is 0.369 e. The number of nitrogens with zero attached hydrogens (tertiary/aromatic N) is 2. The van der Waals surface area contributed by atoms with Gasteiger partial charge in [0.15, 0.2) is 0 Å². The number of fused-ring (bicyclic) bond motifs is 1. The van der Waals surface area contributed by atoms with Crippen molar-refractivity contribution < 1.29 is 13.9 Å². The number of anilines is 1. The molecule has 4 atom stereocenters. The highest BCUT2D eigenvalue weighted by Crippen LogP contribution is 2.55. The number of rotatable bonds is 4. The zero-order valence-corrected chi connectivity index (χ0v) is 15.9. The van der Waals surface area contributed by atoms with Crippen LogP contribution in [-0.4, -0.2) is 42.2 Å². The molecule has 0 saturated carbocycles. The summed E-state index contributed by atoms with van der Waals surface area (Å²) in [6, 6.07) is 10.5. The molecule has 3 aliphatic heterocycles. The van der Waals surface area contributed by atoms with Crippen molar-refractivity contribution >= 4 is 11.7 Å². The van der Waals surface area contributed by atoms with Crippen LogP contribution in [-0.2, 0) is 4.74 Å². The van der Waals surface area contributed by atoms with Gasteiger partial charge in [0.25, 0.3) is 5.91 Å². The molecule has 146 valence electrons. The second kappa shape index (κ2) is 6.55. The zero-order valence-electron chi connectivity index (χ0n) is 15.9. The number of carbonyl (C=O) groups excluding carboxylic acids is 1. The lowest BCUT2D eigenvalue weighted by molar-refractivity contribution is 0.0141. The van der Waals surface area contributed by atoms with Crippen LogP contribution in [0, 0.1) is 24.6 Å². The molecule has 4 heterocycles. The highest BCUT2D eigenvalue weighted by molar-refractivity contribution is 5.94. The van der Waals surface area contributed by atoms with Gasteiger partial charge in [-0.25, -0.2) is 9.37 Å². The predicted octanol–water partition coefficient (Wildman–Crippen LogP) is 2.94. The first kappa shape index (κ1) is 17.6. The average Bonchev–Trinajstić information content (AvgIpc) is 3.37. The molecule has 1 spiro atoms. The van der Waals surface area contributed by atoms with E-state index in [1.165, 1.54) is 12.1 Å². The van der Waals surface area contributed by atoms with Crippen molar-refractivity contribution in [2.45, 2.75) is 31.5 Å². The van der Waals surface area contributed by atoms with Crippen LogP contribution >= 0.6 is 0 Å². The molecule has 5 rings (SSSR count). The summed E-state index contributed by atoms with van der Waals surface area (Å²) in [5.41, 5.74) is 0.875. The average molecular weight is 381 g/mol. The minimum atomic E-state index is -0.291. The van der Waals surface area contributed by atoms with Gasteiger partial charge in [-0.3, -0.25) is 4.79 Å². The maximum absolute atomic E-state index is 13.5. The number of amides is 1. The Kier molecular flexibility index (Phi) is 4.12. The first-order valence-corrected chi connectivity index (χ1v) is 9.94. The minimum Gasteiger partial charge on any atom is -0.369 e. The van der Waals surface area contributed by atoms with Crippen LogP contribution in [0.2, 0.25) is 0 Å². The summed E-state index contributed by atoms with van der Waals surface area (Å²) in [6.45, 7) is 4.03. The second-order valence-electron chi connectivity index (χ2n) is 8.27. The Morgan fingerprint density at radius 2 is 2.29 bits per heavy atom. The third-order valence-electron chi connectivity index (χ3n) is 6.68. The summed E-state index contributed by atoms with van der Waals surface area (Å²) in [6.07, 6.45) is 4.16. The Hall–Kier alpha value is -2.47. The van der Waals surface area contributed by atoms with E-state index in [9.17, 15) is 9.18 Å². The SMILES string of the molecule is Cc1cc(C(=O)NC[C@H]2[C@H]3CN(c4ccccn4)C[C@]34CC[C@H]2O4)ccc1F. The van der Waals surface area contributed by atoms with Crippen LogP contribution in [0.3, 0.4) is 0 Å². The van der Waals surface area contributed by atoms with Crippen molar-refractivity contribution in [3.05, 3.63) is 59.5 Å². The molecule has 1 aromatic heterocycles. The van der Waals surface area contributed by atoms with Crippen LogP contribution in [0.4, 0.5) is 10.2 Å². The maximum Gasteiger partial charge on any atom is 0.251 e. The number of carbonyl (C=O) groups is 1. The minimum absolute atomic E-state index is 0.107. The Balaban J connectivity index is 1.29. The molecule has 1 aromatic carbocycles. The van der Waals surface area contributed by atoms with Crippen LogP contribution in [0.25, 0.3) is 0 Å². The second-order valence-corrected chi connectivity index (χ2v) is 8.27. The lowest BCUT2D eigenvalue weighted by Gasteiger charge is -2.29. The standard InChI is InChI=1S/C22H24FN3O2/c1-14-10-15(5-6-18(14)23)21(27)25-11-16-17-12-26(20-4-2-3-9-24-20)13-22(17)8-7-19(16)28-22/h2-6,9-10,16-17,19H,7-8,11-13H2,1H3,(H,25,27)/t16-,17+,19+,22+/m0/s1. The molecule has 5 nitrogen and oxygen atoms in total. The summed E-state index contributed by atoms with van der Waals surface area (Å²) in [7, 11) is 0. The molecule has 0 unspecified atom stereocenters. The lowest BCUT2D eigenvalue weighted by atomic mass is 9.73. The van der Waals surface area contributed by atoms with Crippen molar-refractivity contribution in [1.29, 1.82) is 0 Å². The topological polar surface area (TPSA) is 54.5 Å². The van der Waals surface area contributed by atoms with E-state index in [1.807, 2.05) is 24.4 Å². The fourth-order valence-electron chi connectivity index (χ4n) is 5.28. The van der Waals surface area contributed by atoms with Crippen molar-refractivity contribution in [2.24, 2.45) is 11.8 Å². The number of pyridine rings is 1. The number of halogens is 1. The Bertz CT molecular complexity index is 906. The van der Waals surface area contributed by atoms with Crippen molar-refractivity contribution in [1.82, 2.24) is 10.3 Å². The summed E-state index contributed by atoms with van der Waals surface area (Å²) < 4.78 is 19.9. The maximum atomic E-state index is 13.5. The van der Waals surface area contributed by atoms with E-state index >= 15 is 0 Å². The van der Waals surface area contributed by atoms with Gasteiger partial charge >= 0.3 is 0 Å². The lowest BCUT2D eigenvalue weighted by Crippen LogP contribution is -2.41. The third kappa shape index (κ3) is 2.78. The Morgan fingerprint density at radius 3 is 3.07 bits per heavy atom. The number of benzene rings is 1. The summed E-state index contributed by atoms with van der Waals surface area (Å²) in [5, 5.41) is 3.06. The fraction of sp³-hybridized carbons (Fsp3) is 0.455. The molecule has 1 N–H and O–H groups in total. The smallest absolute Gasteiger partial charge is 0.251 e. The highest BCUT2D eigenvalue weighted by atomic mass is 19.1. The predicted molar refractivity (Wildman–Crippen MR) is 104 cm³/mol. The van der Waals surface area contributed by atoms with Crippen LogP contribution < -0.4 is 10.2 Å². The molecule has 3 aliphatic rings. The fourth-order valence-corrected chi connectivity index (χ4v) is 5.28. The normalized spacial score (nSPS) is 30.5. The molecule has 3 saturated heterocycles. The van der Waals surface area contributed by atoms with Crippen LogP contribution in [0.15, 0.2) is 42.6 Å². The first-order chi connectivity index (χ1) is 13.6. The van der Waals surface area contributed by atoms with Gasteiger partial charge in [0.2, 0.25) is 0 Å².